The molecule has 0 saturated carbocycles. The predicted molar refractivity (Wildman–Crippen MR) is 84.7 cm³/mol. The Morgan fingerprint density at radius 2 is 1.90 bits per heavy atom. The summed E-state index contributed by atoms with van der Waals surface area (Å²) in [5.74, 6) is 1.93. The highest BCUT2D eigenvalue weighted by atomic mass is 15.3. The maximum atomic E-state index is 4.76. The van der Waals surface area contributed by atoms with E-state index in [1.807, 2.05) is 0 Å². The molecular weight excluding hydrogens is 250 g/mol. The number of nitrogens with zero attached hydrogens (tertiary/aromatic N) is 5. The van der Waals surface area contributed by atoms with Crippen LogP contribution in [0.3, 0.4) is 0 Å². The second kappa shape index (κ2) is 6.88. The monoisotopic (exact) mass is 277 g/mol. The lowest BCUT2D eigenvalue weighted by molar-refractivity contribution is 0.312. The third-order valence-electron chi connectivity index (χ3n) is 3.84. The van der Waals surface area contributed by atoms with E-state index in [0.717, 1.165) is 50.2 Å². The largest absolute Gasteiger partial charge is 0.354 e. The van der Waals surface area contributed by atoms with Gasteiger partial charge in [-0.3, -0.25) is 0 Å². The normalized spacial score (nSPS) is 16.5. The van der Waals surface area contributed by atoms with Crippen LogP contribution in [0.1, 0.15) is 25.5 Å². The molecule has 0 bridgehead atoms. The van der Waals surface area contributed by atoms with Crippen LogP contribution in [0.4, 0.5) is 11.8 Å². The van der Waals surface area contributed by atoms with Crippen molar-refractivity contribution in [3.63, 3.8) is 0 Å². The van der Waals surface area contributed by atoms with E-state index in [4.69, 9.17) is 4.98 Å². The van der Waals surface area contributed by atoms with Crippen LogP contribution < -0.4 is 9.80 Å². The van der Waals surface area contributed by atoms with Gasteiger partial charge in [0.2, 0.25) is 5.95 Å². The van der Waals surface area contributed by atoms with Crippen molar-refractivity contribution in [3.8, 4) is 0 Å². The van der Waals surface area contributed by atoms with Crippen molar-refractivity contribution in [2.24, 2.45) is 0 Å². The molecular formula is C15H27N5. The fourth-order valence-electron chi connectivity index (χ4n) is 2.40. The lowest BCUT2D eigenvalue weighted by atomic mass is 10.3. The topological polar surface area (TPSA) is 35.5 Å². The van der Waals surface area contributed by atoms with Gasteiger partial charge in [-0.25, -0.2) is 4.98 Å². The Kier molecular flexibility index (Phi) is 5.17. The Balaban J connectivity index is 2.11. The molecule has 0 N–H and O–H groups in total. The summed E-state index contributed by atoms with van der Waals surface area (Å²) in [6, 6.07) is 2.10. The second-order valence-corrected chi connectivity index (χ2v) is 5.73. The number of aryl methyl sites for hydroxylation is 1. The van der Waals surface area contributed by atoms with Crippen molar-refractivity contribution < 1.29 is 0 Å². The molecule has 20 heavy (non-hydrogen) atoms. The molecule has 1 aliphatic heterocycles. The minimum Gasteiger partial charge on any atom is -0.354 e. The molecule has 0 amide bonds. The van der Waals surface area contributed by atoms with E-state index in [0.29, 0.717) is 0 Å². The average molecular weight is 277 g/mol. The number of anilines is 2. The molecule has 0 spiro atoms. The SMILES string of the molecule is CCCCN(C)c1nc(C)cc(N2CCN(C)CC2)n1. The first-order chi connectivity index (χ1) is 9.60. The van der Waals surface area contributed by atoms with Gasteiger partial charge in [0.1, 0.15) is 5.82 Å². The number of unbranched alkanes of at least 4 members (excludes halogenated alkanes) is 1. The molecule has 2 rings (SSSR count). The molecule has 0 radical (unpaired) electrons. The van der Waals surface area contributed by atoms with Gasteiger partial charge >= 0.3 is 0 Å². The predicted octanol–water partition coefficient (Wildman–Crippen LogP) is 1.77. The van der Waals surface area contributed by atoms with Gasteiger partial charge in [0.25, 0.3) is 0 Å². The summed E-state index contributed by atoms with van der Waals surface area (Å²) in [5, 5.41) is 0. The summed E-state index contributed by atoms with van der Waals surface area (Å²) in [4.78, 5) is 16.2. The second-order valence-electron chi connectivity index (χ2n) is 5.73. The average Bonchev–Trinajstić information content (AvgIpc) is 2.44. The first-order valence-corrected chi connectivity index (χ1v) is 7.60. The Morgan fingerprint density at radius 1 is 1.20 bits per heavy atom. The molecule has 0 atom stereocenters. The molecule has 2 heterocycles. The number of piperazine rings is 1. The fourth-order valence-corrected chi connectivity index (χ4v) is 2.40. The molecule has 0 unspecified atom stereocenters. The van der Waals surface area contributed by atoms with Crippen LogP contribution in [0.2, 0.25) is 0 Å². The third-order valence-corrected chi connectivity index (χ3v) is 3.84. The Hall–Kier alpha value is -1.36. The number of hydrogen-bond donors (Lipinski definition) is 0. The van der Waals surface area contributed by atoms with Crippen LogP contribution in [0.25, 0.3) is 0 Å². The van der Waals surface area contributed by atoms with Crippen molar-refractivity contribution in [1.29, 1.82) is 0 Å². The van der Waals surface area contributed by atoms with Crippen molar-refractivity contribution in [2.75, 3.05) is 56.6 Å². The Morgan fingerprint density at radius 3 is 2.55 bits per heavy atom. The third kappa shape index (κ3) is 3.82. The van der Waals surface area contributed by atoms with Crippen LogP contribution in [0.5, 0.6) is 0 Å². The number of aromatic nitrogens is 2. The van der Waals surface area contributed by atoms with Crippen molar-refractivity contribution in [3.05, 3.63) is 11.8 Å². The highest BCUT2D eigenvalue weighted by Crippen LogP contribution is 2.18. The van der Waals surface area contributed by atoms with Gasteiger partial charge in [-0.2, -0.15) is 4.98 Å². The lowest BCUT2D eigenvalue weighted by Crippen LogP contribution is -2.45. The minimum atomic E-state index is 0.854. The Labute approximate surface area is 122 Å². The number of hydrogen-bond acceptors (Lipinski definition) is 5. The molecule has 1 fully saturated rings. The molecule has 1 aromatic rings. The molecule has 5 heteroatoms. The Bertz CT molecular complexity index is 426. The van der Waals surface area contributed by atoms with Gasteiger partial charge in [0.05, 0.1) is 0 Å². The molecule has 0 aromatic carbocycles. The van der Waals surface area contributed by atoms with Gasteiger partial charge in [0, 0.05) is 51.5 Å². The van der Waals surface area contributed by atoms with E-state index in [1.54, 1.807) is 0 Å². The summed E-state index contributed by atoms with van der Waals surface area (Å²) < 4.78 is 0. The summed E-state index contributed by atoms with van der Waals surface area (Å²) >= 11 is 0. The smallest absolute Gasteiger partial charge is 0.227 e. The van der Waals surface area contributed by atoms with Gasteiger partial charge in [-0.05, 0) is 20.4 Å². The van der Waals surface area contributed by atoms with Crippen LogP contribution in [0.15, 0.2) is 6.07 Å². The van der Waals surface area contributed by atoms with Crippen LogP contribution in [-0.4, -0.2) is 61.7 Å². The highest BCUT2D eigenvalue weighted by Gasteiger charge is 2.17. The quantitative estimate of drug-likeness (QED) is 0.820. The molecule has 1 saturated heterocycles. The standard InChI is InChI=1S/C15H27N5/c1-5-6-7-19(4)15-16-13(2)12-14(17-15)20-10-8-18(3)9-11-20/h12H,5-11H2,1-4H3. The van der Waals surface area contributed by atoms with E-state index in [9.17, 15) is 0 Å². The first kappa shape index (κ1) is 15.0. The maximum Gasteiger partial charge on any atom is 0.227 e. The van der Waals surface area contributed by atoms with Gasteiger partial charge in [-0.15, -0.1) is 0 Å². The van der Waals surface area contributed by atoms with Crippen molar-refractivity contribution in [2.45, 2.75) is 26.7 Å². The lowest BCUT2D eigenvalue weighted by Gasteiger charge is -2.33. The van der Waals surface area contributed by atoms with E-state index in [-0.39, 0.29) is 0 Å². The van der Waals surface area contributed by atoms with Gasteiger partial charge in [0.15, 0.2) is 0 Å². The van der Waals surface area contributed by atoms with Crippen molar-refractivity contribution in [1.82, 2.24) is 14.9 Å². The summed E-state index contributed by atoms with van der Waals surface area (Å²) in [5.41, 5.74) is 1.05. The molecule has 5 nitrogen and oxygen atoms in total. The molecule has 0 aliphatic carbocycles. The fraction of sp³-hybridized carbons (Fsp3) is 0.733. The number of likely N-dealkylation sites (N-methyl/N-ethyl adjacent to an activating group) is 1. The minimum absolute atomic E-state index is 0.854. The maximum absolute atomic E-state index is 4.76. The summed E-state index contributed by atoms with van der Waals surface area (Å²) in [6.45, 7) is 9.57. The van der Waals surface area contributed by atoms with Crippen molar-refractivity contribution >= 4 is 11.8 Å². The molecule has 1 aromatic heterocycles. The summed E-state index contributed by atoms with van der Waals surface area (Å²) in [7, 11) is 4.25. The zero-order valence-electron chi connectivity index (χ0n) is 13.3. The van der Waals surface area contributed by atoms with Crippen LogP contribution in [0, 0.1) is 6.92 Å². The van der Waals surface area contributed by atoms with Gasteiger partial charge < -0.3 is 14.7 Å². The van der Waals surface area contributed by atoms with E-state index in [1.165, 1.54) is 12.8 Å². The highest BCUT2D eigenvalue weighted by molar-refractivity contribution is 5.46. The summed E-state index contributed by atoms with van der Waals surface area (Å²) in [6.07, 6.45) is 2.37. The van der Waals surface area contributed by atoms with Gasteiger partial charge in [-0.1, -0.05) is 13.3 Å². The molecule has 112 valence electrons. The first-order valence-electron chi connectivity index (χ1n) is 7.60. The van der Waals surface area contributed by atoms with Crippen LogP contribution >= 0.6 is 0 Å². The van der Waals surface area contributed by atoms with E-state index < -0.39 is 0 Å². The molecule has 1 aliphatic rings. The van der Waals surface area contributed by atoms with Crippen LogP contribution in [-0.2, 0) is 0 Å². The number of rotatable bonds is 5. The zero-order valence-corrected chi connectivity index (χ0v) is 13.3. The van der Waals surface area contributed by atoms with E-state index in [2.05, 4.69) is 53.7 Å². The van der Waals surface area contributed by atoms with E-state index >= 15 is 0 Å². The zero-order chi connectivity index (χ0) is 14.5.